The van der Waals surface area contributed by atoms with E-state index in [1.807, 2.05) is 6.92 Å². The van der Waals surface area contributed by atoms with Gasteiger partial charge in [-0.25, -0.2) is 0 Å². The summed E-state index contributed by atoms with van der Waals surface area (Å²) in [5.41, 5.74) is 16.6. The maximum atomic E-state index is 11.5. The highest BCUT2D eigenvalue weighted by Gasteiger charge is 2.51. The molecular formula is C23H44N6O8. The lowest BCUT2D eigenvalue weighted by Crippen LogP contribution is -2.69. The number of aliphatic hydroxyl groups excluding tert-OH is 2. The highest BCUT2D eigenvalue weighted by atomic mass is 16.7. The molecule has 2 heterocycles. The van der Waals surface area contributed by atoms with Crippen LogP contribution in [0.5, 0.6) is 0 Å². The molecule has 1 saturated heterocycles. The first kappa shape index (κ1) is 30.1. The van der Waals surface area contributed by atoms with Gasteiger partial charge in [0.2, 0.25) is 12.2 Å². The normalized spacial score (nSPS) is 42.6. The second-order valence-corrected chi connectivity index (χ2v) is 10.1. The third kappa shape index (κ3) is 7.16. The molecule has 2 aliphatic heterocycles. The third-order valence-corrected chi connectivity index (χ3v) is 7.09. The fourth-order valence-corrected chi connectivity index (χ4v) is 5.10. The monoisotopic (exact) mass is 532 g/mol. The van der Waals surface area contributed by atoms with Crippen molar-refractivity contribution in [3.05, 3.63) is 11.8 Å². The average molecular weight is 533 g/mol. The second-order valence-electron chi connectivity index (χ2n) is 10.1. The van der Waals surface area contributed by atoms with Crippen molar-refractivity contribution in [2.75, 3.05) is 33.3 Å². The van der Waals surface area contributed by atoms with E-state index < -0.39 is 60.7 Å². The van der Waals surface area contributed by atoms with Crippen LogP contribution in [0.25, 0.3) is 0 Å². The number of carbonyl (C=O) groups excluding carboxylic acids is 1. The molecular weight excluding hydrogens is 488 g/mol. The molecule has 1 aliphatic carbocycles. The highest BCUT2D eigenvalue weighted by molar-refractivity contribution is 5.77. The summed E-state index contributed by atoms with van der Waals surface area (Å²) in [7, 11) is 1.63. The predicted octanol–water partition coefficient (Wildman–Crippen LogP) is -4.08. The van der Waals surface area contributed by atoms with E-state index in [0.717, 1.165) is 0 Å². The van der Waals surface area contributed by atoms with Gasteiger partial charge in [0.05, 0.1) is 31.8 Å². The summed E-state index contributed by atoms with van der Waals surface area (Å²) in [6, 6.07) is -2.17. The number of rotatable bonds is 10. The Balaban J connectivity index is 1.71. The third-order valence-electron chi connectivity index (χ3n) is 7.09. The van der Waals surface area contributed by atoms with Gasteiger partial charge in [-0.15, -0.1) is 0 Å². The lowest BCUT2D eigenvalue weighted by atomic mass is 9.83. The Kier molecular flexibility index (Phi) is 10.6. The van der Waals surface area contributed by atoms with Crippen LogP contribution in [0.2, 0.25) is 0 Å². The molecule has 0 aromatic rings. The van der Waals surface area contributed by atoms with E-state index in [9.17, 15) is 20.1 Å². The quantitative estimate of drug-likeness (QED) is 0.130. The zero-order valence-electron chi connectivity index (χ0n) is 21.7. The molecule has 0 aromatic carbocycles. The minimum absolute atomic E-state index is 0.0745. The van der Waals surface area contributed by atoms with Crippen molar-refractivity contribution in [1.82, 2.24) is 16.0 Å². The summed E-state index contributed by atoms with van der Waals surface area (Å²) in [6.07, 6.45) is -3.62. The molecule has 1 amide bonds. The molecule has 37 heavy (non-hydrogen) atoms. The van der Waals surface area contributed by atoms with Gasteiger partial charge in [0.15, 0.2) is 6.29 Å². The van der Waals surface area contributed by atoms with Crippen molar-refractivity contribution in [2.24, 2.45) is 17.2 Å². The summed E-state index contributed by atoms with van der Waals surface area (Å²) in [6.45, 7) is 3.99. The van der Waals surface area contributed by atoms with E-state index in [1.54, 1.807) is 20.0 Å². The van der Waals surface area contributed by atoms with Gasteiger partial charge in [-0.1, -0.05) is 6.92 Å². The summed E-state index contributed by atoms with van der Waals surface area (Å²) >= 11 is 0. The van der Waals surface area contributed by atoms with Crippen LogP contribution in [0.1, 0.15) is 26.7 Å². The minimum atomic E-state index is -1.31. The molecule has 11 atom stereocenters. The fraction of sp³-hybridized carbons (Fsp3) is 0.870. The molecule has 0 radical (unpaired) electrons. The molecule has 214 valence electrons. The van der Waals surface area contributed by atoms with Gasteiger partial charge in [-0.2, -0.15) is 0 Å². The Hall–Kier alpha value is -1.43. The minimum Gasteiger partial charge on any atom is -0.466 e. The number of hydrogen-bond donors (Lipinski definition) is 9. The van der Waals surface area contributed by atoms with Crippen molar-refractivity contribution in [3.8, 4) is 0 Å². The number of amides is 1. The van der Waals surface area contributed by atoms with E-state index >= 15 is 0 Å². The predicted molar refractivity (Wildman–Crippen MR) is 133 cm³/mol. The SMILES string of the molecule is CCN[C@@H]1C[C@H](N)[C@@H](O[C@H]2OC(CNC(=O)CN)=CC[C@H]2N)[C@H](O)[C@H]1O[C@H]1OC[C@](C)(O)[C@H](NC)[C@H]1O. The van der Waals surface area contributed by atoms with E-state index in [2.05, 4.69) is 16.0 Å². The molecule has 0 aromatic heterocycles. The molecule has 12 N–H and O–H groups in total. The topological polar surface area (TPSA) is 229 Å². The lowest BCUT2D eigenvalue weighted by molar-refractivity contribution is -0.304. The molecule has 2 fully saturated rings. The number of likely N-dealkylation sites (N-methyl/N-ethyl adjacent to an activating group) is 2. The first-order valence-corrected chi connectivity index (χ1v) is 12.8. The van der Waals surface area contributed by atoms with E-state index in [0.29, 0.717) is 25.1 Å². The van der Waals surface area contributed by atoms with Gasteiger partial charge < -0.3 is 67.4 Å². The number of carbonyl (C=O) groups is 1. The second kappa shape index (κ2) is 13.1. The molecule has 3 rings (SSSR count). The summed E-state index contributed by atoms with van der Waals surface area (Å²) < 4.78 is 23.7. The zero-order chi connectivity index (χ0) is 27.3. The van der Waals surface area contributed by atoms with Crippen LogP contribution in [-0.4, -0.2) is 121 Å². The molecule has 14 nitrogen and oxygen atoms in total. The van der Waals surface area contributed by atoms with Gasteiger partial charge in [-0.05, 0) is 39.4 Å². The molecule has 0 unspecified atom stereocenters. The average Bonchev–Trinajstić information content (AvgIpc) is 2.85. The van der Waals surface area contributed by atoms with Gasteiger partial charge in [0, 0.05) is 12.1 Å². The fourth-order valence-electron chi connectivity index (χ4n) is 5.10. The summed E-state index contributed by atoms with van der Waals surface area (Å²) in [4.78, 5) is 11.5. The Morgan fingerprint density at radius 2 is 1.89 bits per heavy atom. The van der Waals surface area contributed by atoms with Gasteiger partial charge in [0.1, 0.15) is 35.8 Å². The highest BCUT2D eigenvalue weighted by Crippen LogP contribution is 2.31. The van der Waals surface area contributed by atoms with E-state index in [-0.39, 0.29) is 31.6 Å². The van der Waals surface area contributed by atoms with Gasteiger partial charge in [-0.3, -0.25) is 4.79 Å². The first-order chi connectivity index (χ1) is 17.5. The van der Waals surface area contributed by atoms with Crippen LogP contribution in [0.3, 0.4) is 0 Å². The maximum absolute atomic E-state index is 11.5. The Bertz CT molecular complexity index is 788. The van der Waals surface area contributed by atoms with Crippen LogP contribution in [0.15, 0.2) is 11.8 Å². The first-order valence-electron chi connectivity index (χ1n) is 12.8. The largest absolute Gasteiger partial charge is 0.466 e. The van der Waals surface area contributed by atoms with Crippen LogP contribution in [0.4, 0.5) is 0 Å². The number of nitrogens with one attached hydrogen (secondary N) is 3. The van der Waals surface area contributed by atoms with Crippen molar-refractivity contribution in [1.29, 1.82) is 0 Å². The van der Waals surface area contributed by atoms with Crippen molar-refractivity contribution < 1.29 is 39.1 Å². The van der Waals surface area contributed by atoms with Crippen LogP contribution >= 0.6 is 0 Å². The molecule has 14 heteroatoms. The van der Waals surface area contributed by atoms with Crippen molar-refractivity contribution in [2.45, 2.75) is 93.5 Å². The number of aliphatic hydroxyl groups is 3. The van der Waals surface area contributed by atoms with Gasteiger partial charge in [0.25, 0.3) is 0 Å². The van der Waals surface area contributed by atoms with Crippen molar-refractivity contribution >= 4 is 5.91 Å². The van der Waals surface area contributed by atoms with Crippen molar-refractivity contribution in [3.63, 3.8) is 0 Å². The van der Waals surface area contributed by atoms with Gasteiger partial charge >= 0.3 is 0 Å². The lowest BCUT2D eigenvalue weighted by Gasteiger charge is -2.49. The number of ether oxygens (including phenoxy) is 4. The Morgan fingerprint density at radius 3 is 2.54 bits per heavy atom. The molecule has 3 aliphatic rings. The van der Waals surface area contributed by atoms with Crippen LogP contribution in [0, 0.1) is 0 Å². The standard InChI is InChI=1S/C23H44N6O8/c1-4-28-14-7-13(26)18(36-21-12(25)6-5-11(35-21)9-29-15(30)8-24)16(31)19(14)37-22-17(32)20(27-3)23(2,33)10-34-22/h5,12-14,16-22,27-28,31-33H,4,6-10,24-26H2,1-3H3,(H,29,30)/t12-,13+,14-,16+,17-,18-,19+,20-,21-,22-,23+/m1/s1. The zero-order valence-corrected chi connectivity index (χ0v) is 21.7. The van der Waals surface area contributed by atoms with E-state index in [1.165, 1.54) is 0 Å². The molecule has 0 spiro atoms. The smallest absolute Gasteiger partial charge is 0.234 e. The van der Waals surface area contributed by atoms with Crippen LogP contribution in [-0.2, 0) is 23.7 Å². The van der Waals surface area contributed by atoms with Crippen LogP contribution < -0.4 is 33.2 Å². The summed E-state index contributed by atoms with van der Waals surface area (Å²) in [5, 5.41) is 41.6. The summed E-state index contributed by atoms with van der Waals surface area (Å²) in [5.74, 6) is 0.139. The Morgan fingerprint density at radius 1 is 1.19 bits per heavy atom. The number of hydrogen-bond acceptors (Lipinski definition) is 13. The van der Waals surface area contributed by atoms with E-state index in [4.69, 9.17) is 36.1 Å². The Labute approximate surface area is 217 Å². The number of nitrogens with two attached hydrogens (primary N) is 3. The maximum Gasteiger partial charge on any atom is 0.234 e. The molecule has 0 bridgehead atoms. The molecule has 1 saturated carbocycles.